The van der Waals surface area contributed by atoms with Gasteiger partial charge in [0.2, 0.25) is 5.91 Å². The average molecular weight is 454 g/mol. The fourth-order valence-corrected chi connectivity index (χ4v) is 4.14. The van der Waals surface area contributed by atoms with Crippen molar-refractivity contribution in [2.75, 3.05) is 0 Å². The average Bonchev–Trinajstić information content (AvgIpc) is 2.67. The van der Waals surface area contributed by atoms with E-state index in [1.54, 1.807) is 30.3 Å². The van der Waals surface area contributed by atoms with Crippen LogP contribution >= 0.6 is 11.8 Å². The maximum absolute atomic E-state index is 13.4. The molecule has 30 heavy (non-hydrogen) atoms. The van der Waals surface area contributed by atoms with E-state index in [4.69, 9.17) is 4.74 Å². The molecule has 0 aliphatic carbocycles. The topological polar surface area (TPSA) is 75.7 Å². The van der Waals surface area contributed by atoms with Crippen LogP contribution in [0.4, 0.5) is 26.3 Å². The molecule has 2 aliphatic rings. The van der Waals surface area contributed by atoms with Gasteiger partial charge in [0.15, 0.2) is 6.04 Å². The normalized spacial score (nSPS) is 23.8. The first-order chi connectivity index (χ1) is 13.9. The molecule has 0 radical (unpaired) electrons. The van der Waals surface area contributed by atoms with Crippen LogP contribution in [0.2, 0.25) is 0 Å². The van der Waals surface area contributed by atoms with E-state index in [2.05, 4.69) is 0 Å². The molecule has 13 heteroatoms. The quantitative estimate of drug-likeness (QED) is 0.430. The van der Waals surface area contributed by atoms with Crippen LogP contribution in [-0.2, 0) is 25.7 Å². The van der Waals surface area contributed by atoms with E-state index in [0.717, 1.165) is 0 Å². The van der Waals surface area contributed by atoms with Crippen molar-refractivity contribution in [1.29, 1.82) is 0 Å². The van der Waals surface area contributed by atoms with E-state index in [1.165, 1.54) is 5.32 Å². The Hall–Kier alpha value is -2.70. The maximum Gasteiger partial charge on any atom is 0.471 e. The van der Waals surface area contributed by atoms with Crippen molar-refractivity contribution in [3.63, 3.8) is 0 Å². The molecule has 2 amide bonds. The number of fused-ring (bicyclic) bond motifs is 1. The molecule has 162 valence electrons. The highest BCUT2D eigenvalue weighted by Crippen LogP contribution is 2.45. The third-order valence-corrected chi connectivity index (χ3v) is 5.47. The van der Waals surface area contributed by atoms with Crippen LogP contribution in [0.15, 0.2) is 41.3 Å². The molecule has 0 saturated carbocycles. The summed E-state index contributed by atoms with van der Waals surface area (Å²) in [5, 5.41) is 0.672. The molecule has 3 unspecified atom stereocenters. The summed E-state index contributed by atoms with van der Waals surface area (Å²) in [6.45, 7) is -0.366. The van der Waals surface area contributed by atoms with Crippen LogP contribution in [0.1, 0.15) is 5.56 Å². The highest BCUT2D eigenvalue weighted by atomic mass is 32.2. The highest BCUT2D eigenvalue weighted by Gasteiger charge is 2.61. The van der Waals surface area contributed by atoms with Crippen molar-refractivity contribution in [1.82, 2.24) is 10.2 Å². The summed E-state index contributed by atoms with van der Waals surface area (Å²) in [5.41, 5.74) is -0.897. The summed E-state index contributed by atoms with van der Waals surface area (Å²) in [4.78, 5) is 36.2. The Morgan fingerprint density at radius 2 is 1.73 bits per heavy atom. The molecule has 2 aliphatic heterocycles. The molecule has 0 aromatic heterocycles. The van der Waals surface area contributed by atoms with Gasteiger partial charge >= 0.3 is 24.2 Å². The Morgan fingerprint density at radius 1 is 1.10 bits per heavy atom. The smallest absolute Gasteiger partial charge is 0.459 e. The zero-order chi connectivity index (χ0) is 22.3. The van der Waals surface area contributed by atoms with E-state index in [1.807, 2.05) is 0 Å². The van der Waals surface area contributed by atoms with Crippen molar-refractivity contribution in [2.45, 2.75) is 36.4 Å². The number of thioether (sulfide) groups is 1. The number of amides is 2. The second-order valence-corrected chi connectivity index (χ2v) is 7.28. The molecule has 1 aromatic carbocycles. The summed E-state index contributed by atoms with van der Waals surface area (Å²) in [6, 6.07) is 4.11. The molecular weight excluding hydrogens is 442 g/mol. The molecule has 3 rings (SSSR count). The third-order valence-electron chi connectivity index (χ3n) is 4.31. The van der Waals surface area contributed by atoms with Gasteiger partial charge in [-0.25, -0.2) is 4.79 Å². The lowest BCUT2D eigenvalue weighted by molar-refractivity contribution is -0.180. The monoisotopic (exact) mass is 454 g/mol. The number of hydrogen-bond donors (Lipinski definition) is 1. The largest absolute Gasteiger partial charge is 0.471 e. The SMILES string of the molecule is O=C(OCc1ccccc1)C1C(C(F)(F)F)=CSC2C(NC(=O)C(F)(F)F)C(=O)N12. The van der Waals surface area contributed by atoms with Gasteiger partial charge in [0.1, 0.15) is 18.0 Å². The molecule has 1 fully saturated rings. The third kappa shape index (κ3) is 4.25. The molecule has 2 heterocycles. The van der Waals surface area contributed by atoms with E-state index < -0.39 is 53.2 Å². The minimum atomic E-state index is -5.28. The predicted molar refractivity (Wildman–Crippen MR) is 90.4 cm³/mol. The van der Waals surface area contributed by atoms with Gasteiger partial charge < -0.3 is 15.0 Å². The van der Waals surface area contributed by atoms with Crippen LogP contribution in [-0.4, -0.2) is 52.5 Å². The van der Waals surface area contributed by atoms with Gasteiger partial charge in [0.05, 0.1) is 5.57 Å². The number of β-lactam (4-membered cyclic amide) rings is 1. The summed E-state index contributed by atoms with van der Waals surface area (Å²) >= 11 is 0.381. The Kier molecular flexibility index (Phi) is 5.76. The number of alkyl halides is 6. The summed E-state index contributed by atoms with van der Waals surface area (Å²) in [7, 11) is 0. The van der Waals surface area contributed by atoms with E-state index in [0.29, 0.717) is 27.6 Å². The van der Waals surface area contributed by atoms with Gasteiger partial charge in [-0.05, 0) is 11.0 Å². The molecule has 1 saturated heterocycles. The number of carbonyl (C=O) groups is 3. The number of ether oxygens (including phenoxy) is 1. The number of nitrogens with zero attached hydrogens (tertiary/aromatic N) is 1. The van der Waals surface area contributed by atoms with Crippen molar-refractivity contribution in [3.05, 3.63) is 46.9 Å². The first kappa shape index (κ1) is 22.0. The molecule has 1 aromatic rings. The summed E-state index contributed by atoms with van der Waals surface area (Å²) < 4.78 is 82.3. The van der Waals surface area contributed by atoms with Crippen LogP contribution in [0.25, 0.3) is 0 Å². The number of halogens is 6. The minimum Gasteiger partial charge on any atom is -0.459 e. The van der Waals surface area contributed by atoms with Crippen LogP contribution in [0.5, 0.6) is 0 Å². The Morgan fingerprint density at radius 3 is 2.30 bits per heavy atom. The second kappa shape index (κ2) is 7.85. The highest BCUT2D eigenvalue weighted by molar-refractivity contribution is 8.03. The standard InChI is InChI=1S/C17H12F6N2O4S/c18-16(19,20)9-7-30-13-10(24-15(28)17(21,22)23)12(26)25(13)11(9)14(27)29-6-8-4-2-1-3-5-8/h1-5,7,10-11,13H,6H2,(H,24,28). The summed E-state index contributed by atoms with van der Waals surface area (Å²) in [6.07, 6.45) is -10.3. The lowest BCUT2D eigenvalue weighted by atomic mass is 9.97. The molecule has 3 atom stereocenters. The Labute approximate surface area is 169 Å². The lowest BCUT2D eigenvalue weighted by Gasteiger charge is -2.51. The predicted octanol–water partition coefficient (Wildman–Crippen LogP) is 2.51. The molecule has 6 nitrogen and oxygen atoms in total. The number of rotatable bonds is 4. The Balaban J connectivity index is 1.80. The minimum absolute atomic E-state index is 0.366. The molecule has 1 N–H and O–H groups in total. The summed E-state index contributed by atoms with van der Waals surface area (Å²) in [5.74, 6) is -5.04. The lowest BCUT2D eigenvalue weighted by Crippen LogP contribution is -2.75. The number of esters is 1. The van der Waals surface area contributed by atoms with Gasteiger partial charge in [-0.3, -0.25) is 9.59 Å². The van der Waals surface area contributed by atoms with E-state index in [-0.39, 0.29) is 6.61 Å². The number of hydrogen-bond acceptors (Lipinski definition) is 5. The van der Waals surface area contributed by atoms with E-state index >= 15 is 0 Å². The molecular formula is C17H12F6N2O4S. The molecule has 0 spiro atoms. The second-order valence-electron chi connectivity index (χ2n) is 6.29. The van der Waals surface area contributed by atoms with Gasteiger partial charge in [0.25, 0.3) is 0 Å². The van der Waals surface area contributed by atoms with Gasteiger partial charge in [-0.1, -0.05) is 30.3 Å². The number of carbonyl (C=O) groups excluding carboxylic acids is 3. The van der Waals surface area contributed by atoms with Crippen molar-refractivity contribution < 1.29 is 45.5 Å². The van der Waals surface area contributed by atoms with Crippen LogP contribution in [0, 0.1) is 0 Å². The van der Waals surface area contributed by atoms with Gasteiger partial charge in [-0.15, -0.1) is 11.8 Å². The molecule has 0 bridgehead atoms. The van der Waals surface area contributed by atoms with Crippen LogP contribution < -0.4 is 5.32 Å². The van der Waals surface area contributed by atoms with Crippen molar-refractivity contribution >= 4 is 29.5 Å². The van der Waals surface area contributed by atoms with E-state index in [9.17, 15) is 40.7 Å². The van der Waals surface area contributed by atoms with Crippen LogP contribution in [0.3, 0.4) is 0 Å². The van der Waals surface area contributed by atoms with Gasteiger partial charge in [0, 0.05) is 0 Å². The van der Waals surface area contributed by atoms with Gasteiger partial charge in [-0.2, -0.15) is 26.3 Å². The zero-order valence-electron chi connectivity index (χ0n) is 14.7. The zero-order valence-corrected chi connectivity index (χ0v) is 15.5. The number of benzene rings is 1. The first-order valence-electron chi connectivity index (χ1n) is 8.24. The Bertz CT molecular complexity index is 886. The van der Waals surface area contributed by atoms with Crippen molar-refractivity contribution in [2.24, 2.45) is 0 Å². The fraction of sp³-hybridized carbons (Fsp3) is 0.353. The first-order valence-corrected chi connectivity index (χ1v) is 9.18. The van der Waals surface area contributed by atoms with Crippen molar-refractivity contribution in [3.8, 4) is 0 Å². The fourth-order valence-electron chi connectivity index (χ4n) is 2.89. The number of nitrogens with one attached hydrogen (secondary N) is 1. The maximum atomic E-state index is 13.4.